The Hall–Kier alpha value is -1.26. The molecule has 2 atom stereocenters. The molecule has 0 radical (unpaired) electrons. The van der Waals surface area contributed by atoms with Gasteiger partial charge in [0.15, 0.2) is 0 Å². The summed E-state index contributed by atoms with van der Waals surface area (Å²) in [5.74, 6) is -0.773. The van der Waals surface area contributed by atoms with E-state index in [0.29, 0.717) is 6.42 Å². The van der Waals surface area contributed by atoms with E-state index in [2.05, 4.69) is 5.32 Å². The number of rotatable bonds is 5. The molecule has 0 aromatic rings. The number of hydrogen-bond donors (Lipinski definition) is 2. The predicted octanol–water partition coefficient (Wildman–Crippen LogP) is 2.56. The molecule has 0 aliphatic carbocycles. The molecule has 0 spiro atoms. The van der Waals surface area contributed by atoms with Crippen molar-refractivity contribution in [2.24, 2.45) is 11.3 Å². The van der Waals surface area contributed by atoms with Gasteiger partial charge >= 0.3 is 12.0 Å². The summed E-state index contributed by atoms with van der Waals surface area (Å²) in [4.78, 5) is 24.8. The van der Waals surface area contributed by atoms with Crippen LogP contribution >= 0.6 is 0 Å². The SMILES string of the molecule is CC(C)C[C@H](NC(=O)N(C)C(C)C(C)(C)C)C(=O)O. The van der Waals surface area contributed by atoms with E-state index in [1.165, 1.54) is 0 Å². The molecule has 5 heteroatoms. The van der Waals surface area contributed by atoms with Gasteiger partial charge in [-0.15, -0.1) is 0 Å². The Morgan fingerprint density at radius 1 is 1.21 bits per heavy atom. The van der Waals surface area contributed by atoms with Gasteiger partial charge in [-0.3, -0.25) is 0 Å². The van der Waals surface area contributed by atoms with E-state index in [9.17, 15) is 9.59 Å². The highest BCUT2D eigenvalue weighted by atomic mass is 16.4. The molecule has 2 amide bonds. The maximum absolute atomic E-state index is 12.1. The van der Waals surface area contributed by atoms with E-state index in [4.69, 9.17) is 5.11 Å². The van der Waals surface area contributed by atoms with Crippen LogP contribution in [0, 0.1) is 11.3 Å². The lowest BCUT2D eigenvalue weighted by Gasteiger charge is -2.36. The zero-order valence-corrected chi connectivity index (χ0v) is 13.2. The number of aliphatic carboxylic acids is 1. The van der Waals surface area contributed by atoms with E-state index in [-0.39, 0.29) is 23.4 Å². The van der Waals surface area contributed by atoms with Crippen LogP contribution in [0.15, 0.2) is 0 Å². The fraction of sp³-hybridized carbons (Fsp3) is 0.857. The van der Waals surface area contributed by atoms with Crippen LogP contribution < -0.4 is 5.32 Å². The fourth-order valence-corrected chi connectivity index (χ4v) is 1.70. The van der Waals surface area contributed by atoms with Crippen molar-refractivity contribution < 1.29 is 14.7 Å². The summed E-state index contributed by atoms with van der Waals surface area (Å²) in [7, 11) is 1.69. The van der Waals surface area contributed by atoms with Crippen molar-refractivity contribution in [3.05, 3.63) is 0 Å². The van der Waals surface area contributed by atoms with Gasteiger partial charge in [0.05, 0.1) is 0 Å². The molecule has 0 saturated carbocycles. The van der Waals surface area contributed by atoms with Crippen LogP contribution in [-0.4, -0.2) is 41.1 Å². The molecule has 0 fully saturated rings. The maximum Gasteiger partial charge on any atom is 0.326 e. The summed E-state index contributed by atoms with van der Waals surface area (Å²) in [6.07, 6.45) is 0.429. The third kappa shape index (κ3) is 5.94. The minimum atomic E-state index is -0.987. The second-order valence-corrected chi connectivity index (χ2v) is 6.62. The molecule has 0 saturated heterocycles. The molecule has 0 heterocycles. The molecule has 112 valence electrons. The zero-order chi connectivity index (χ0) is 15.4. The molecule has 0 aromatic heterocycles. The molecular formula is C14H28N2O3. The van der Waals surface area contributed by atoms with Crippen molar-refractivity contribution in [1.29, 1.82) is 0 Å². The number of carbonyl (C=O) groups excluding carboxylic acids is 1. The van der Waals surface area contributed by atoms with Gasteiger partial charge in [-0.05, 0) is 24.7 Å². The zero-order valence-electron chi connectivity index (χ0n) is 13.2. The third-order valence-electron chi connectivity index (χ3n) is 3.46. The number of nitrogens with zero attached hydrogens (tertiary/aromatic N) is 1. The molecule has 19 heavy (non-hydrogen) atoms. The normalized spacial score (nSPS) is 14.9. The number of urea groups is 1. The Morgan fingerprint density at radius 2 is 1.68 bits per heavy atom. The van der Waals surface area contributed by atoms with Gasteiger partial charge in [-0.1, -0.05) is 34.6 Å². The van der Waals surface area contributed by atoms with Crippen molar-refractivity contribution in [3.8, 4) is 0 Å². The summed E-state index contributed by atoms with van der Waals surface area (Å²) in [5, 5.41) is 11.7. The Balaban J connectivity index is 4.69. The van der Waals surface area contributed by atoms with Gasteiger partial charge in [0.1, 0.15) is 6.04 Å². The van der Waals surface area contributed by atoms with Crippen molar-refractivity contribution in [1.82, 2.24) is 10.2 Å². The van der Waals surface area contributed by atoms with Gasteiger partial charge in [0, 0.05) is 13.1 Å². The largest absolute Gasteiger partial charge is 0.480 e. The first-order valence-electron chi connectivity index (χ1n) is 6.73. The fourth-order valence-electron chi connectivity index (χ4n) is 1.70. The van der Waals surface area contributed by atoms with Crippen molar-refractivity contribution in [3.63, 3.8) is 0 Å². The number of hydrogen-bond acceptors (Lipinski definition) is 2. The lowest BCUT2D eigenvalue weighted by atomic mass is 9.87. The first-order valence-corrected chi connectivity index (χ1v) is 6.73. The average Bonchev–Trinajstić information content (AvgIpc) is 2.23. The summed E-state index contributed by atoms with van der Waals surface area (Å²) in [6.45, 7) is 12.0. The van der Waals surface area contributed by atoms with Crippen molar-refractivity contribution in [2.75, 3.05) is 7.05 Å². The molecular weight excluding hydrogens is 244 g/mol. The Labute approximate surface area is 116 Å². The average molecular weight is 272 g/mol. The Morgan fingerprint density at radius 3 is 2.00 bits per heavy atom. The second kappa shape index (κ2) is 6.78. The van der Waals surface area contributed by atoms with E-state index in [1.807, 2.05) is 41.5 Å². The van der Waals surface area contributed by atoms with Crippen molar-refractivity contribution in [2.45, 2.75) is 60.0 Å². The van der Waals surface area contributed by atoms with E-state index < -0.39 is 12.0 Å². The summed E-state index contributed by atoms with van der Waals surface area (Å²) >= 11 is 0. The van der Waals surface area contributed by atoms with E-state index in [1.54, 1.807) is 11.9 Å². The molecule has 0 rings (SSSR count). The van der Waals surface area contributed by atoms with Crippen LogP contribution in [-0.2, 0) is 4.79 Å². The first-order chi connectivity index (χ1) is 8.46. The van der Waals surface area contributed by atoms with Gasteiger partial charge in [-0.2, -0.15) is 0 Å². The lowest BCUT2D eigenvalue weighted by Crippen LogP contribution is -2.52. The van der Waals surface area contributed by atoms with E-state index in [0.717, 1.165) is 0 Å². The van der Waals surface area contributed by atoms with Crippen LogP contribution in [0.3, 0.4) is 0 Å². The molecule has 5 nitrogen and oxygen atoms in total. The number of amides is 2. The Bertz CT molecular complexity index is 321. The minimum Gasteiger partial charge on any atom is -0.480 e. The summed E-state index contributed by atoms with van der Waals surface area (Å²) in [6, 6.07) is -1.15. The standard InChI is InChI=1S/C14H28N2O3/c1-9(2)8-11(12(17)18)15-13(19)16(7)10(3)14(4,5)6/h9-11H,8H2,1-7H3,(H,15,19)(H,17,18)/t10?,11-/m0/s1. The van der Waals surface area contributed by atoms with Crippen LogP contribution in [0.2, 0.25) is 0 Å². The van der Waals surface area contributed by atoms with Gasteiger partial charge < -0.3 is 15.3 Å². The quantitative estimate of drug-likeness (QED) is 0.808. The van der Waals surface area contributed by atoms with Crippen LogP contribution in [0.25, 0.3) is 0 Å². The molecule has 0 aliphatic heterocycles. The van der Waals surface area contributed by atoms with Gasteiger partial charge in [0.25, 0.3) is 0 Å². The maximum atomic E-state index is 12.1. The smallest absolute Gasteiger partial charge is 0.326 e. The molecule has 0 aromatic carbocycles. The molecule has 0 aliphatic rings. The lowest BCUT2D eigenvalue weighted by molar-refractivity contribution is -0.139. The molecule has 2 N–H and O–H groups in total. The highest BCUT2D eigenvalue weighted by molar-refractivity contribution is 5.82. The van der Waals surface area contributed by atoms with Crippen molar-refractivity contribution >= 4 is 12.0 Å². The molecule has 0 bridgehead atoms. The summed E-state index contributed by atoms with van der Waals surface area (Å²) in [5.41, 5.74) is -0.0527. The van der Waals surface area contributed by atoms with Gasteiger partial charge in [0.2, 0.25) is 0 Å². The number of carbonyl (C=O) groups is 2. The van der Waals surface area contributed by atoms with E-state index >= 15 is 0 Å². The highest BCUT2D eigenvalue weighted by Gasteiger charge is 2.29. The summed E-state index contributed by atoms with van der Waals surface area (Å²) < 4.78 is 0. The first kappa shape index (κ1) is 17.7. The molecule has 1 unspecified atom stereocenters. The number of nitrogens with one attached hydrogen (secondary N) is 1. The van der Waals surface area contributed by atoms with Crippen LogP contribution in [0.1, 0.15) is 48.0 Å². The highest BCUT2D eigenvalue weighted by Crippen LogP contribution is 2.23. The Kier molecular flexibility index (Phi) is 6.33. The minimum absolute atomic E-state index is 0.0148. The number of carboxylic acid groups (broad SMARTS) is 1. The monoisotopic (exact) mass is 272 g/mol. The third-order valence-corrected chi connectivity index (χ3v) is 3.46. The van der Waals surface area contributed by atoms with Crippen LogP contribution in [0.4, 0.5) is 4.79 Å². The second-order valence-electron chi connectivity index (χ2n) is 6.62. The topological polar surface area (TPSA) is 69.6 Å². The van der Waals surface area contributed by atoms with Crippen LogP contribution in [0.5, 0.6) is 0 Å². The predicted molar refractivity (Wildman–Crippen MR) is 76.1 cm³/mol. The number of carboxylic acids is 1. The van der Waals surface area contributed by atoms with Gasteiger partial charge in [-0.25, -0.2) is 9.59 Å².